The summed E-state index contributed by atoms with van der Waals surface area (Å²) in [6.45, 7) is 6.16. The van der Waals surface area contributed by atoms with Gasteiger partial charge in [-0.15, -0.1) is 0 Å². The maximum absolute atomic E-state index is 13.0. The molecule has 1 aromatic heterocycles. The number of rotatable bonds is 7. The van der Waals surface area contributed by atoms with Crippen LogP contribution in [0.2, 0.25) is 0 Å². The Bertz CT molecular complexity index is 1180. The summed E-state index contributed by atoms with van der Waals surface area (Å²) in [5, 5.41) is 3.82. The number of sulfonamides is 1. The first-order valence-electron chi connectivity index (χ1n) is 11.3. The third-order valence-electron chi connectivity index (χ3n) is 6.41. The Morgan fingerprint density at radius 1 is 1.09 bits per heavy atom. The Morgan fingerprint density at radius 2 is 1.81 bits per heavy atom. The highest BCUT2D eigenvalue weighted by Crippen LogP contribution is 2.26. The predicted molar refractivity (Wildman–Crippen MR) is 127 cm³/mol. The molecule has 0 unspecified atom stereocenters. The summed E-state index contributed by atoms with van der Waals surface area (Å²) >= 11 is 0. The van der Waals surface area contributed by atoms with Gasteiger partial charge in [0.2, 0.25) is 15.9 Å². The monoisotopic (exact) mass is 453 g/mol. The van der Waals surface area contributed by atoms with E-state index in [9.17, 15) is 13.2 Å². The van der Waals surface area contributed by atoms with E-state index in [1.165, 1.54) is 5.56 Å². The van der Waals surface area contributed by atoms with Crippen LogP contribution in [0.15, 0.2) is 65.7 Å². The van der Waals surface area contributed by atoms with Crippen LogP contribution < -0.4 is 5.32 Å². The van der Waals surface area contributed by atoms with Crippen LogP contribution in [0.25, 0.3) is 10.9 Å². The molecule has 0 bridgehead atoms. The topological polar surface area (TPSA) is 71.4 Å². The van der Waals surface area contributed by atoms with Gasteiger partial charge in [0.1, 0.15) is 6.54 Å². The molecule has 1 aliphatic heterocycles. The Hall–Kier alpha value is -2.64. The first-order valence-corrected chi connectivity index (χ1v) is 12.7. The zero-order valence-electron chi connectivity index (χ0n) is 18.7. The summed E-state index contributed by atoms with van der Waals surface area (Å²) in [6, 6.07) is 17.1. The summed E-state index contributed by atoms with van der Waals surface area (Å²) in [6.07, 6.45) is 3.63. The lowest BCUT2D eigenvalue weighted by atomic mass is 10.0. The molecule has 1 atom stereocenters. The minimum absolute atomic E-state index is 0.0654. The Balaban J connectivity index is 1.42. The van der Waals surface area contributed by atoms with E-state index in [0.717, 1.165) is 23.7 Å². The van der Waals surface area contributed by atoms with E-state index in [0.29, 0.717) is 30.4 Å². The molecule has 3 aromatic rings. The first-order chi connectivity index (χ1) is 15.3. The molecule has 1 fully saturated rings. The Labute approximate surface area is 190 Å². The van der Waals surface area contributed by atoms with Crippen LogP contribution in [-0.4, -0.2) is 42.8 Å². The molecule has 1 aliphatic rings. The minimum atomic E-state index is -3.49. The number of nitrogens with zero attached hydrogens (tertiary/aromatic N) is 2. The number of fused-ring (bicyclic) bond motifs is 1. The molecule has 0 radical (unpaired) electrons. The van der Waals surface area contributed by atoms with E-state index in [1.807, 2.05) is 35.0 Å². The molecule has 4 rings (SSSR count). The molecule has 0 saturated carbocycles. The Morgan fingerprint density at radius 3 is 2.53 bits per heavy atom. The van der Waals surface area contributed by atoms with Gasteiger partial charge in [0.15, 0.2) is 0 Å². The van der Waals surface area contributed by atoms with Crippen molar-refractivity contribution in [2.24, 2.45) is 5.92 Å². The molecule has 2 aromatic carbocycles. The summed E-state index contributed by atoms with van der Waals surface area (Å²) < 4.78 is 29.5. The van der Waals surface area contributed by atoms with Crippen molar-refractivity contribution in [3.8, 4) is 0 Å². The van der Waals surface area contributed by atoms with Crippen LogP contribution in [0.3, 0.4) is 0 Å². The van der Waals surface area contributed by atoms with Gasteiger partial charge in [-0.25, -0.2) is 8.42 Å². The highest BCUT2D eigenvalue weighted by molar-refractivity contribution is 7.89. The van der Waals surface area contributed by atoms with Crippen molar-refractivity contribution in [2.75, 3.05) is 19.6 Å². The van der Waals surface area contributed by atoms with Crippen molar-refractivity contribution >= 4 is 26.8 Å². The smallest absolute Gasteiger partial charge is 0.243 e. The molecule has 32 heavy (non-hydrogen) atoms. The van der Waals surface area contributed by atoms with Crippen molar-refractivity contribution in [3.63, 3.8) is 0 Å². The van der Waals surface area contributed by atoms with Crippen LogP contribution in [0, 0.1) is 5.92 Å². The van der Waals surface area contributed by atoms with Crippen LogP contribution in [-0.2, 0) is 21.4 Å². The zero-order valence-corrected chi connectivity index (χ0v) is 19.5. The summed E-state index contributed by atoms with van der Waals surface area (Å²) in [5.74, 6) is 0.733. The summed E-state index contributed by atoms with van der Waals surface area (Å²) in [7, 11) is -3.49. The van der Waals surface area contributed by atoms with Crippen molar-refractivity contribution in [1.82, 2.24) is 14.2 Å². The number of benzene rings is 2. The average Bonchev–Trinajstić information content (AvgIpc) is 3.20. The molecular weight excluding hydrogens is 422 g/mol. The van der Waals surface area contributed by atoms with Gasteiger partial charge in [0.25, 0.3) is 0 Å². The van der Waals surface area contributed by atoms with E-state index in [-0.39, 0.29) is 18.4 Å². The molecule has 6 nitrogen and oxygen atoms in total. The fourth-order valence-corrected chi connectivity index (χ4v) is 5.73. The van der Waals surface area contributed by atoms with Crippen LogP contribution in [0.4, 0.5) is 0 Å². The van der Waals surface area contributed by atoms with Gasteiger partial charge < -0.3 is 9.88 Å². The molecule has 170 valence electrons. The van der Waals surface area contributed by atoms with Crippen molar-refractivity contribution in [3.05, 3.63) is 66.4 Å². The summed E-state index contributed by atoms with van der Waals surface area (Å²) in [5.41, 5.74) is 2.04. The summed E-state index contributed by atoms with van der Waals surface area (Å²) in [4.78, 5) is 12.8. The standard InChI is InChI=1S/C25H31N3O3S/c1-19-10-14-28(15-11-19)32(30,31)23-8-9-24-22(16-23)12-13-27(24)18-25(29)26-17-20(2)21-6-4-3-5-7-21/h3-9,12-13,16,19-20H,10-11,14-15,17-18H2,1-2H3,(H,26,29)/t20-/m0/s1. The largest absolute Gasteiger partial charge is 0.354 e. The van der Waals surface area contributed by atoms with Gasteiger partial charge in [-0.1, -0.05) is 44.2 Å². The maximum atomic E-state index is 13.0. The number of piperidine rings is 1. The van der Waals surface area contributed by atoms with E-state index < -0.39 is 10.0 Å². The third kappa shape index (κ3) is 4.89. The van der Waals surface area contributed by atoms with E-state index >= 15 is 0 Å². The number of nitrogens with one attached hydrogen (secondary N) is 1. The molecular formula is C25H31N3O3S. The molecule has 0 aliphatic carbocycles. The van der Waals surface area contributed by atoms with Crippen molar-refractivity contribution in [2.45, 2.75) is 44.0 Å². The highest BCUT2D eigenvalue weighted by Gasteiger charge is 2.28. The lowest BCUT2D eigenvalue weighted by Crippen LogP contribution is -2.37. The lowest BCUT2D eigenvalue weighted by molar-refractivity contribution is -0.121. The number of hydrogen-bond acceptors (Lipinski definition) is 3. The van der Waals surface area contributed by atoms with Gasteiger partial charge in [-0.2, -0.15) is 4.31 Å². The SMILES string of the molecule is CC1CCN(S(=O)(=O)c2ccc3c(ccn3CC(=O)NC[C@H](C)c3ccccc3)c2)CC1. The predicted octanol–water partition coefficient (Wildman–Crippen LogP) is 3.98. The quantitative estimate of drug-likeness (QED) is 0.588. The number of amides is 1. The second-order valence-corrected chi connectivity index (χ2v) is 10.8. The van der Waals surface area contributed by atoms with Crippen molar-refractivity contribution < 1.29 is 13.2 Å². The van der Waals surface area contributed by atoms with Crippen LogP contribution >= 0.6 is 0 Å². The zero-order chi connectivity index (χ0) is 22.7. The second kappa shape index (κ2) is 9.46. The van der Waals surface area contributed by atoms with Gasteiger partial charge in [0, 0.05) is 36.7 Å². The molecule has 1 amide bonds. The number of carbonyl (C=O) groups is 1. The average molecular weight is 454 g/mol. The fraction of sp³-hybridized carbons (Fsp3) is 0.400. The molecule has 0 spiro atoms. The van der Waals surface area contributed by atoms with Gasteiger partial charge in [0.05, 0.1) is 4.90 Å². The van der Waals surface area contributed by atoms with Gasteiger partial charge in [-0.3, -0.25) is 4.79 Å². The van der Waals surface area contributed by atoms with E-state index in [2.05, 4.69) is 31.3 Å². The molecule has 1 N–H and O–H groups in total. The normalized spacial score (nSPS) is 16.8. The van der Waals surface area contributed by atoms with Gasteiger partial charge in [-0.05, 0) is 54.5 Å². The van der Waals surface area contributed by atoms with Gasteiger partial charge >= 0.3 is 0 Å². The Kier molecular flexibility index (Phi) is 6.67. The lowest BCUT2D eigenvalue weighted by Gasteiger charge is -2.29. The minimum Gasteiger partial charge on any atom is -0.354 e. The second-order valence-electron chi connectivity index (χ2n) is 8.87. The van der Waals surface area contributed by atoms with Crippen LogP contribution in [0.1, 0.15) is 38.2 Å². The first kappa shape index (κ1) is 22.6. The van der Waals surface area contributed by atoms with Crippen LogP contribution in [0.5, 0.6) is 0 Å². The van der Waals surface area contributed by atoms with E-state index in [1.54, 1.807) is 22.5 Å². The fourth-order valence-electron chi connectivity index (χ4n) is 4.23. The number of hydrogen-bond donors (Lipinski definition) is 1. The highest BCUT2D eigenvalue weighted by atomic mass is 32.2. The molecule has 1 saturated heterocycles. The maximum Gasteiger partial charge on any atom is 0.243 e. The molecule has 7 heteroatoms. The van der Waals surface area contributed by atoms with E-state index in [4.69, 9.17) is 0 Å². The number of carbonyl (C=O) groups excluding carboxylic acids is 1. The van der Waals surface area contributed by atoms with Crippen molar-refractivity contribution in [1.29, 1.82) is 0 Å². The third-order valence-corrected chi connectivity index (χ3v) is 8.31. The molecule has 2 heterocycles. The number of aromatic nitrogens is 1.